The van der Waals surface area contributed by atoms with Crippen molar-refractivity contribution in [3.63, 3.8) is 0 Å². The molecule has 0 saturated carbocycles. The molecule has 1 heterocycles. The molecule has 0 aliphatic carbocycles. The predicted octanol–water partition coefficient (Wildman–Crippen LogP) is 3.45. The smallest absolute Gasteiger partial charge is 0.317 e. The maximum atomic E-state index is 12.9. The van der Waals surface area contributed by atoms with Gasteiger partial charge in [0.2, 0.25) is 10.0 Å². The Morgan fingerprint density at radius 2 is 1.79 bits per heavy atom. The van der Waals surface area contributed by atoms with Gasteiger partial charge in [-0.2, -0.15) is 17.5 Å². The number of piperidine rings is 1. The van der Waals surface area contributed by atoms with Gasteiger partial charge in [-0.3, -0.25) is 0 Å². The van der Waals surface area contributed by atoms with E-state index in [2.05, 4.69) is 5.32 Å². The standard InChI is InChI=1S/C15H21F3N2O2S2/c1-2-11-20(12-7-9-19-10-8-12)24(21,22)14-5-3-13(4-6-14)23-15(16,17)18/h3-6,12,19H,2,7-11H2,1H3. The van der Waals surface area contributed by atoms with E-state index in [0.717, 1.165) is 25.9 Å². The lowest BCUT2D eigenvalue weighted by atomic mass is 10.1. The highest BCUT2D eigenvalue weighted by Crippen LogP contribution is 2.37. The van der Waals surface area contributed by atoms with Crippen LogP contribution in [0.25, 0.3) is 0 Å². The topological polar surface area (TPSA) is 49.4 Å². The number of nitrogens with zero attached hydrogens (tertiary/aromatic N) is 1. The molecule has 0 atom stereocenters. The van der Waals surface area contributed by atoms with Crippen LogP contribution in [-0.4, -0.2) is 43.9 Å². The number of benzene rings is 1. The molecule has 4 nitrogen and oxygen atoms in total. The highest BCUT2D eigenvalue weighted by Gasteiger charge is 2.32. The number of hydrogen-bond acceptors (Lipinski definition) is 4. The van der Waals surface area contributed by atoms with Gasteiger partial charge in [0.1, 0.15) is 0 Å². The van der Waals surface area contributed by atoms with Crippen molar-refractivity contribution in [1.82, 2.24) is 9.62 Å². The summed E-state index contributed by atoms with van der Waals surface area (Å²) < 4.78 is 64.4. The zero-order chi connectivity index (χ0) is 17.8. The van der Waals surface area contributed by atoms with E-state index in [1.165, 1.54) is 28.6 Å². The van der Waals surface area contributed by atoms with E-state index in [0.29, 0.717) is 13.0 Å². The van der Waals surface area contributed by atoms with E-state index in [-0.39, 0.29) is 27.6 Å². The summed E-state index contributed by atoms with van der Waals surface area (Å²) in [6.07, 6.45) is 2.16. The first-order valence-corrected chi connectivity index (χ1v) is 10.1. The lowest BCUT2D eigenvalue weighted by Crippen LogP contribution is -2.46. The molecule has 0 radical (unpaired) electrons. The predicted molar refractivity (Wildman–Crippen MR) is 88.4 cm³/mol. The van der Waals surface area contributed by atoms with E-state index in [9.17, 15) is 21.6 Å². The molecule has 9 heteroatoms. The van der Waals surface area contributed by atoms with Gasteiger partial charge in [-0.15, -0.1) is 0 Å². The van der Waals surface area contributed by atoms with Gasteiger partial charge in [0, 0.05) is 17.5 Å². The summed E-state index contributed by atoms with van der Waals surface area (Å²) in [5.74, 6) is 0. The van der Waals surface area contributed by atoms with Crippen molar-refractivity contribution in [3.05, 3.63) is 24.3 Å². The van der Waals surface area contributed by atoms with Crippen LogP contribution in [0.2, 0.25) is 0 Å². The molecule has 1 N–H and O–H groups in total. The minimum atomic E-state index is -4.39. The lowest BCUT2D eigenvalue weighted by Gasteiger charge is -2.33. The van der Waals surface area contributed by atoms with Gasteiger partial charge >= 0.3 is 5.51 Å². The fourth-order valence-corrected chi connectivity index (χ4v) is 5.08. The summed E-state index contributed by atoms with van der Waals surface area (Å²) in [5.41, 5.74) is -4.39. The Morgan fingerprint density at radius 1 is 1.21 bits per heavy atom. The van der Waals surface area contributed by atoms with Crippen LogP contribution in [-0.2, 0) is 10.0 Å². The minimum absolute atomic E-state index is 0.0228. The quantitative estimate of drug-likeness (QED) is 0.766. The molecule has 0 unspecified atom stereocenters. The second-order valence-electron chi connectivity index (χ2n) is 5.62. The maximum Gasteiger partial charge on any atom is 0.446 e. The molecule has 1 aliphatic rings. The normalized spacial score (nSPS) is 17.4. The van der Waals surface area contributed by atoms with Gasteiger partial charge in [-0.25, -0.2) is 8.42 Å². The average molecular weight is 382 g/mol. The molecule has 0 spiro atoms. The molecule has 1 aliphatic heterocycles. The van der Waals surface area contributed by atoms with Crippen molar-refractivity contribution in [1.29, 1.82) is 0 Å². The maximum absolute atomic E-state index is 12.9. The van der Waals surface area contributed by atoms with E-state index < -0.39 is 15.5 Å². The van der Waals surface area contributed by atoms with Gasteiger partial charge in [-0.1, -0.05) is 6.92 Å². The van der Waals surface area contributed by atoms with Crippen LogP contribution >= 0.6 is 11.8 Å². The van der Waals surface area contributed by atoms with E-state index in [1.54, 1.807) is 0 Å². The monoisotopic (exact) mass is 382 g/mol. The van der Waals surface area contributed by atoms with Crippen molar-refractivity contribution in [2.24, 2.45) is 0 Å². The van der Waals surface area contributed by atoms with Crippen molar-refractivity contribution in [3.8, 4) is 0 Å². The highest BCUT2D eigenvalue weighted by molar-refractivity contribution is 8.00. The van der Waals surface area contributed by atoms with E-state index in [4.69, 9.17) is 0 Å². The second kappa shape index (κ2) is 8.07. The molecule has 1 fully saturated rings. The molecular weight excluding hydrogens is 361 g/mol. The zero-order valence-corrected chi connectivity index (χ0v) is 15.0. The van der Waals surface area contributed by atoms with Crippen molar-refractivity contribution < 1.29 is 21.6 Å². The molecule has 1 saturated heterocycles. The fourth-order valence-electron chi connectivity index (χ4n) is 2.76. The Bertz CT molecular complexity index is 627. The third kappa shape index (κ3) is 5.11. The van der Waals surface area contributed by atoms with Gasteiger partial charge in [-0.05, 0) is 68.4 Å². The third-order valence-electron chi connectivity index (χ3n) is 3.82. The molecule has 0 amide bonds. The summed E-state index contributed by atoms with van der Waals surface area (Å²) >= 11 is -0.250. The number of rotatable bonds is 6. The van der Waals surface area contributed by atoms with Crippen LogP contribution < -0.4 is 5.32 Å². The summed E-state index contributed by atoms with van der Waals surface area (Å²) in [7, 11) is -3.71. The Hall–Kier alpha value is -0.770. The number of nitrogens with one attached hydrogen (secondary N) is 1. The Kier molecular flexibility index (Phi) is 6.58. The number of thioether (sulfide) groups is 1. The van der Waals surface area contributed by atoms with Crippen LogP contribution in [0.4, 0.5) is 13.2 Å². The number of sulfonamides is 1. The summed E-state index contributed by atoms with van der Waals surface area (Å²) in [5, 5.41) is 3.20. The highest BCUT2D eigenvalue weighted by atomic mass is 32.2. The lowest BCUT2D eigenvalue weighted by molar-refractivity contribution is -0.0328. The molecule has 0 aromatic heterocycles. The SMILES string of the molecule is CCCN(C1CCNCC1)S(=O)(=O)c1ccc(SC(F)(F)F)cc1. The average Bonchev–Trinajstić information content (AvgIpc) is 2.52. The molecule has 1 aromatic rings. The van der Waals surface area contributed by atoms with Crippen molar-refractivity contribution in [2.75, 3.05) is 19.6 Å². The first-order chi connectivity index (χ1) is 11.2. The molecule has 0 bridgehead atoms. The second-order valence-corrected chi connectivity index (χ2v) is 8.65. The Labute approximate surface area is 144 Å². The third-order valence-corrected chi connectivity index (χ3v) is 6.53. The summed E-state index contributed by atoms with van der Waals surface area (Å²) in [4.78, 5) is 0.0198. The molecular formula is C15H21F3N2O2S2. The Morgan fingerprint density at radius 3 is 2.29 bits per heavy atom. The van der Waals surface area contributed by atoms with Gasteiger partial charge in [0.05, 0.1) is 4.90 Å². The van der Waals surface area contributed by atoms with Crippen LogP contribution in [0.1, 0.15) is 26.2 Å². The Balaban J connectivity index is 2.22. The van der Waals surface area contributed by atoms with E-state index in [1.807, 2.05) is 6.92 Å². The van der Waals surface area contributed by atoms with Crippen LogP contribution in [0.15, 0.2) is 34.1 Å². The van der Waals surface area contributed by atoms with Crippen molar-refractivity contribution >= 4 is 21.8 Å². The largest absolute Gasteiger partial charge is 0.446 e. The number of hydrogen-bond donors (Lipinski definition) is 1. The van der Waals surface area contributed by atoms with Crippen LogP contribution in [0.5, 0.6) is 0 Å². The van der Waals surface area contributed by atoms with Crippen LogP contribution in [0.3, 0.4) is 0 Å². The van der Waals surface area contributed by atoms with Gasteiger partial charge in [0.25, 0.3) is 0 Å². The first-order valence-electron chi connectivity index (χ1n) is 7.82. The van der Waals surface area contributed by atoms with Gasteiger partial charge < -0.3 is 5.32 Å². The molecule has 2 rings (SSSR count). The zero-order valence-electron chi connectivity index (χ0n) is 13.3. The molecule has 1 aromatic carbocycles. The number of halogens is 3. The summed E-state index contributed by atoms with van der Waals surface area (Å²) in [6, 6.07) is 4.86. The fraction of sp³-hybridized carbons (Fsp3) is 0.600. The molecule has 136 valence electrons. The number of alkyl halides is 3. The first kappa shape index (κ1) is 19.6. The minimum Gasteiger partial charge on any atom is -0.317 e. The van der Waals surface area contributed by atoms with Crippen molar-refractivity contribution in [2.45, 2.75) is 47.5 Å². The van der Waals surface area contributed by atoms with E-state index >= 15 is 0 Å². The summed E-state index contributed by atoms with van der Waals surface area (Å²) in [6.45, 7) is 3.85. The van der Waals surface area contributed by atoms with Gasteiger partial charge in [0.15, 0.2) is 0 Å². The van der Waals surface area contributed by atoms with Crippen LogP contribution in [0, 0.1) is 0 Å². The molecule has 24 heavy (non-hydrogen) atoms.